The number of carbonyl (C=O) groups is 3. The van der Waals surface area contributed by atoms with Gasteiger partial charge in [0.05, 0.1) is 0 Å². The number of esters is 1. The minimum atomic E-state index is -1.04. The Bertz CT molecular complexity index is 552. The summed E-state index contributed by atoms with van der Waals surface area (Å²) in [4.78, 5) is 35.2. The molecule has 2 amide bonds. The molecule has 0 bridgehead atoms. The lowest BCUT2D eigenvalue weighted by Gasteiger charge is -2.22. The molecule has 0 fully saturated rings. The average Bonchev–Trinajstić information content (AvgIpc) is 2.44. The van der Waals surface area contributed by atoms with E-state index in [1.807, 2.05) is 19.1 Å². The Labute approximate surface area is 130 Å². The van der Waals surface area contributed by atoms with Gasteiger partial charge in [-0.3, -0.25) is 9.59 Å². The second-order valence-corrected chi connectivity index (χ2v) is 5.54. The third-order valence-corrected chi connectivity index (χ3v) is 3.21. The molecule has 0 saturated carbocycles. The van der Waals surface area contributed by atoms with Crippen LogP contribution in [0.4, 0.5) is 0 Å². The molecule has 6 nitrogen and oxygen atoms in total. The molecule has 22 heavy (non-hydrogen) atoms. The second-order valence-electron chi connectivity index (χ2n) is 5.54. The molecule has 0 aliphatic rings. The molecule has 1 aromatic carbocycles. The molecule has 0 saturated heterocycles. The number of aryl methyl sites for hydroxylation is 1. The van der Waals surface area contributed by atoms with Gasteiger partial charge in [-0.2, -0.15) is 0 Å². The lowest BCUT2D eigenvalue weighted by Crippen LogP contribution is -2.47. The molecule has 6 heteroatoms. The van der Waals surface area contributed by atoms with E-state index >= 15 is 0 Å². The van der Waals surface area contributed by atoms with Gasteiger partial charge in [0.2, 0.25) is 0 Å². The lowest BCUT2D eigenvalue weighted by atomic mass is 10.0. The normalized spacial score (nSPS) is 13.3. The SMILES string of the molecule is Cc1ccc(C(=O)N[C@H](C(=O)OC(C)C(N)=O)C(C)C)cc1. The standard InChI is InChI=1S/C16H22N2O4/c1-9(2)13(16(21)22-11(4)14(17)19)18-15(20)12-7-5-10(3)6-8-12/h5-9,11,13H,1-4H3,(H2,17,19)(H,18,20)/t11?,13-/m0/s1. The summed E-state index contributed by atoms with van der Waals surface area (Å²) < 4.78 is 4.96. The molecule has 1 unspecified atom stereocenters. The quantitative estimate of drug-likeness (QED) is 0.771. The number of hydrogen-bond donors (Lipinski definition) is 2. The van der Waals surface area contributed by atoms with E-state index in [0.29, 0.717) is 5.56 Å². The van der Waals surface area contributed by atoms with E-state index in [1.165, 1.54) is 6.92 Å². The number of hydrogen-bond acceptors (Lipinski definition) is 4. The maximum absolute atomic E-state index is 12.2. The highest BCUT2D eigenvalue weighted by Gasteiger charge is 2.28. The van der Waals surface area contributed by atoms with Crippen LogP contribution in [0.1, 0.15) is 36.7 Å². The Morgan fingerprint density at radius 3 is 2.09 bits per heavy atom. The van der Waals surface area contributed by atoms with Crippen molar-refractivity contribution in [2.45, 2.75) is 39.8 Å². The molecule has 0 spiro atoms. The van der Waals surface area contributed by atoms with Gasteiger partial charge in [-0.15, -0.1) is 0 Å². The first kappa shape index (κ1) is 17.7. The van der Waals surface area contributed by atoms with Gasteiger partial charge in [0, 0.05) is 5.56 Å². The van der Waals surface area contributed by atoms with Gasteiger partial charge < -0.3 is 15.8 Å². The maximum atomic E-state index is 12.2. The fraction of sp³-hybridized carbons (Fsp3) is 0.438. The first-order valence-corrected chi connectivity index (χ1v) is 7.09. The molecular formula is C16H22N2O4. The highest BCUT2D eigenvalue weighted by molar-refractivity contribution is 5.97. The summed E-state index contributed by atoms with van der Waals surface area (Å²) in [6.07, 6.45) is -1.04. The van der Waals surface area contributed by atoms with Gasteiger partial charge >= 0.3 is 5.97 Å². The van der Waals surface area contributed by atoms with E-state index in [-0.39, 0.29) is 11.8 Å². The van der Waals surface area contributed by atoms with Gasteiger partial charge in [0.15, 0.2) is 6.10 Å². The topological polar surface area (TPSA) is 98.5 Å². The Hall–Kier alpha value is -2.37. The van der Waals surface area contributed by atoms with Crippen LogP contribution in [-0.2, 0) is 14.3 Å². The average molecular weight is 306 g/mol. The molecule has 1 aromatic rings. The summed E-state index contributed by atoms with van der Waals surface area (Å²) in [6, 6.07) is 6.13. The minimum Gasteiger partial charge on any atom is -0.451 e. The van der Waals surface area contributed by atoms with E-state index in [9.17, 15) is 14.4 Å². The van der Waals surface area contributed by atoms with Crippen LogP contribution < -0.4 is 11.1 Å². The molecule has 120 valence electrons. The molecule has 0 heterocycles. The molecule has 2 atom stereocenters. The Morgan fingerprint density at radius 1 is 1.09 bits per heavy atom. The van der Waals surface area contributed by atoms with Gasteiger partial charge in [0.25, 0.3) is 11.8 Å². The third kappa shape index (κ3) is 4.87. The number of carbonyl (C=O) groups excluding carboxylic acids is 3. The smallest absolute Gasteiger partial charge is 0.329 e. The summed E-state index contributed by atoms with van der Waals surface area (Å²) in [5.41, 5.74) is 6.55. The fourth-order valence-electron chi connectivity index (χ4n) is 1.73. The van der Waals surface area contributed by atoms with E-state index in [0.717, 1.165) is 5.56 Å². The fourth-order valence-corrected chi connectivity index (χ4v) is 1.73. The van der Waals surface area contributed by atoms with Crippen LogP contribution in [0.25, 0.3) is 0 Å². The summed E-state index contributed by atoms with van der Waals surface area (Å²) >= 11 is 0. The van der Waals surface area contributed by atoms with Crippen LogP contribution >= 0.6 is 0 Å². The van der Waals surface area contributed by atoms with E-state index < -0.39 is 24.0 Å². The van der Waals surface area contributed by atoms with E-state index in [4.69, 9.17) is 10.5 Å². The predicted molar refractivity (Wildman–Crippen MR) is 82.0 cm³/mol. The summed E-state index contributed by atoms with van der Waals surface area (Å²) in [7, 11) is 0. The van der Waals surface area contributed by atoms with Crippen molar-refractivity contribution in [3.8, 4) is 0 Å². The monoisotopic (exact) mass is 306 g/mol. The minimum absolute atomic E-state index is 0.193. The molecule has 0 aliphatic heterocycles. The van der Waals surface area contributed by atoms with Crippen LogP contribution in [0.5, 0.6) is 0 Å². The van der Waals surface area contributed by atoms with E-state index in [2.05, 4.69) is 5.32 Å². The van der Waals surface area contributed by atoms with Crippen LogP contribution in [0.3, 0.4) is 0 Å². The number of primary amides is 1. The van der Waals surface area contributed by atoms with Crippen LogP contribution in [0.15, 0.2) is 24.3 Å². The predicted octanol–water partition coefficient (Wildman–Crippen LogP) is 1.17. The summed E-state index contributed by atoms with van der Waals surface area (Å²) in [5.74, 6) is -1.98. The van der Waals surface area contributed by atoms with Gasteiger partial charge in [-0.1, -0.05) is 31.5 Å². The zero-order valence-corrected chi connectivity index (χ0v) is 13.3. The zero-order chi connectivity index (χ0) is 16.9. The summed E-state index contributed by atoms with van der Waals surface area (Å²) in [6.45, 7) is 6.85. The Morgan fingerprint density at radius 2 is 1.64 bits per heavy atom. The van der Waals surface area contributed by atoms with Crippen LogP contribution in [0, 0.1) is 12.8 Å². The van der Waals surface area contributed by atoms with Crippen molar-refractivity contribution in [2.75, 3.05) is 0 Å². The zero-order valence-electron chi connectivity index (χ0n) is 13.3. The molecule has 3 N–H and O–H groups in total. The van der Waals surface area contributed by atoms with Gasteiger partial charge in [0.1, 0.15) is 6.04 Å². The molecule has 0 aromatic heterocycles. The van der Waals surface area contributed by atoms with E-state index in [1.54, 1.807) is 26.0 Å². The second kappa shape index (κ2) is 7.59. The molecular weight excluding hydrogens is 284 g/mol. The van der Waals surface area contributed by atoms with Crippen molar-refractivity contribution in [3.05, 3.63) is 35.4 Å². The summed E-state index contributed by atoms with van der Waals surface area (Å²) in [5, 5.41) is 2.63. The van der Waals surface area contributed by atoms with Crippen LogP contribution in [-0.4, -0.2) is 29.9 Å². The lowest BCUT2D eigenvalue weighted by molar-refractivity contribution is -0.156. The van der Waals surface area contributed by atoms with Crippen LogP contribution in [0.2, 0.25) is 0 Å². The Balaban J connectivity index is 2.79. The largest absolute Gasteiger partial charge is 0.451 e. The highest BCUT2D eigenvalue weighted by atomic mass is 16.5. The number of rotatable bonds is 6. The first-order valence-electron chi connectivity index (χ1n) is 7.09. The van der Waals surface area contributed by atoms with Crippen molar-refractivity contribution in [1.29, 1.82) is 0 Å². The first-order chi connectivity index (χ1) is 10.2. The van der Waals surface area contributed by atoms with Crippen molar-refractivity contribution in [1.82, 2.24) is 5.32 Å². The number of nitrogens with one attached hydrogen (secondary N) is 1. The van der Waals surface area contributed by atoms with Crippen molar-refractivity contribution in [3.63, 3.8) is 0 Å². The van der Waals surface area contributed by atoms with Crippen molar-refractivity contribution >= 4 is 17.8 Å². The molecule has 1 rings (SSSR count). The molecule has 0 aliphatic carbocycles. The molecule has 0 radical (unpaired) electrons. The number of benzene rings is 1. The third-order valence-electron chi connectivity index (χ3n) is 3.21. The number of nitrogens with two attached hydrogens (primary N) is 1. The Kier molecular flexibility index (Phi) is 6.10. The maximum Gasteiger partial charge on any atom is 0.329 e. The number of amides is 2. The van der Waals surface area contributed by atoms with Crippen molar-refractivity contribution in [2.24, 2.45) is 11.7 Å². The highest BCUT2D eigenvalue weighted by Crippen LogP contribution is 2.09. The number of ether oxygens (including phenoxy) is 1. The van der Waals surface area contributed by atoms with Gasteiger partial charge in [-0.25, -0.2) is 4.79 Å². The van der Waals surface area contributed by atoms with Gasteiger partial charge in [-0.05, 0) is 31.9 Å². The van der Waals surface area contributed by atoms with Crippen molar-refractivity contribution < 1.29 is 19.1 Å².